The van der Waals surface area contributed by atoms with Crippen molar-refractivity contribution in [1.29, 1.82) is 0 Å². The number of nitrogens with one attached hydrogen (secondary N) is 2. The predicted octanol–water partition coefficient (Wildman–Crippen LogP) is 5.30. The SMILES string of the molecule is CCCCCCCC(=O)NN1C(=O)c2ccccc2NC1c1ccc(Cl)cc1. The van der Waals surface area contributed by atoms with Gasteiger partial charge in [-0.1, -0.05) is 68.5 Å². The molecule has 5 nitrogen and oxygen atoms in total. The van der Waals surface area contributed by atoms with Gasteiger partial charge in [-0.05, 0) is 36.2 Å². The van der Waals surface area contributed by atoms with Crippen LogP contribution in [0.15, 0.2) is 48.5 Å². The molecule has 0 aliphatic carbocycles. The van der Waals surface area contributed by atoms with Gasteiger partial charge in [-0.2, -0.15) is 0 Å². The van der Waals surface area contributed by atoms with Crippen molar-refractivity contribution in [3.63, 3.8) is 0 Å². The molecule has 1 unspecified atom stereocenters. The Balaban J connectivity index is 1.76. The van der Waals surface area contributed by atoms with Crippen molar-refractivity contribution in [2.75, 3.05) is 5.32 Å². The molecule has 1 heterocycles. The number of carbonyl (C=O) groups is 2. The number of amides is 2. The zero-order valence-electron chi connectivity index (χ0n) is 16.1. The third kappa shape index (κ3) is 4.84. The highest BCUT2D eigenvalue weighted by atomic mass is 35.5. The number of hydrazine groups is 1. The second-order valence-electron chi connectivity index (χ2n) is 7.02. The maximum atomic E-state index is 13.1. The topological polar surface area (TPSA) is 61.4 Å². The molecule has 1 atom stereocenters. The number of hydrogen-bond acceptors (Lipinski definition) is 3. The van der Waals surface area contributed by atoms with E-state index in [-0.39, 0.29) is 11.8 Å². The van der Waals surface area contributed by atoms with Crippen LogP contribution in [0.3, 0.4) is 0 Å². The Hall–Kier alpha value is -2.53. The highest BCUT2D eigenvalue weighted by molar-refractivity contribution is 6.30. The van der Waals surface area contributed by atoms with E-state index >= 15 is 0 Å². The van der Waals surface area contributed by atoms with Crippen molar-refractivity contribution in [3.8, 4) is 0 Å². The summed E-state index contributed by atoms with van der Waals surface area (Å²) in [5.74, 6) is -0.376. The first kappa shape index (κ1) is 20.2. The third-order valence-corrected chi connectivity index (χ3v) is 5.12. The highest BCUT2D eigenvalue weighted by Crippen LogP contribution is 2.32. The molecule has 2 amide bonds. The Morgan fingerprint density at radius 1 is 1.07 bits per heavy atom. The summed E-state index contributed by atoms with van der Waals surface area (Å²) in [7, 11) is 0. The number of nitrogens with zero attached hydrogens (tertiary/aromatic N) is 1. The molecular weight excluding hydrogens is 374 g/mol. The van der Waals surface area contributed by atoms with Crippen LogP contribution < -0.4 is 10.7 Å². The number of rotatable bonds is 8. The van der Waals surface area contributed by atoms with E-state index in [2.05, 4.69) is 17.7 Å². The molecule has 1 aliphatic rings. The minimum absolute atomic E-state index is 0.148. The number of fused-ring (bicyclic) bond motifs is 1. The van der Waals surface area contributed by atoms with E-state index < -0.39 is 6.17 Å². The van der Waals surface area contributed by atoms with Gasteiger partial charge in [0.15, 0.2) is 0 Å². The lowest BCUT2D eigenvalue weighted by atomic mass is 10.0. The van der Waals surface area contributed by atoms with E-state index in [1.165, 1.54) is 17.9 Å². The number of anilines is 1. The van der Waals surface area contributed by atoms with Crippen LogP contribution in [0.5, 0.6) is 0 Å². The molecule has 0 saturated heterocycles. The first-order chi connectivity index (χ1) is 13.6. The quantitative estimate of drug-likeness (QED) is 0.592. The Morgan fingerprint density at radius 2 is 1.79 bits per heavy atom. The number of halogens is 1. The summed E-state index contributed by atoms with van der Waals surface area (Å²) in [6.07, 6.45) is 5.25. The first-order valence-corrected chi connectivity index (χ1v) is 10.2. The Morgan fingerprint density at radius 3 is 2.54 bits per heavy atom. The van der Waals surface area contributed by atoms with E-state index in [0.29, 0.717) is 17.0 Å². The van der Waals surface area contributed by atoms with Crippen LogP contribution in [-0.2, 0) is 4.79 Å². The van der Waals surface area contributed by atoms with E-state index in [9.17, 15) is 9.59 Å². The van der Waals surface area contributed by atoms with Gasteiger partial charge in [-0.3, -0.25) is 15.0 Å². The smallest absolute Gasteiger partial charge is 0.276 e. The maximum Gasteiger partial charge on any atom is 0.276 e. The molecule has 1 aliphatic heterocycles. The molecule has 6 heteroatoms. The van der Waals surface area contributed by atoms with Gasteiger partial charge in [0.25, 0.3) is 5.91 Å². The van der Waals surface area contributed by atoms with Crippen LogP contribution in [0.1, 0.15) is 67.5 Å². The van der Waals surface area contributed by atoms with Gasteiger partial charge in [0.1, 0.15) is 6.17 Å². The predicted molar refractivity (Wildman–Crippen MR) is 112 cm³/mol. The lowest BCUT2D eigenvalue weighted by molar-refractivity contribution is -0.125. The van der Waals surface area contributed by atoms with Crippen molar-refractivity contribution < 1.29 is 9.59 Å². The number of benzene rings is 2. The largest absolute Gasteiger partial charge is 0.359 e. The van der Waals surface area contributed by atoms with Crippen LogP contribution >= 0.6 is 11.6 Å². The Labute approximate surface area is 171 Å². The summed E-state index contributed by atoms with van der Waals surface area (Å²) in [5, 5.41) is 5.36. The second kappa shape index (κ2) is 9.60. The highest BCUT2D eigenvalue weighted by Gasteiger charge is 2.34. The van der Waals surface area contributed by atoms with Gasteiger partial charge in [0, 0.05) is 17.1 Å². The number of para-hydroxylation sites is 1. The molecule has 2 N–H and O–H groups in total. The van der Waals surface area contributed by atoms with Crippen LogP contribution in [0.25, 0.3) is 0 Å². The fourth-order valence-corrected chi connectivity index (χ4v) is 3.45. The molecule has 0 spiro atoms. The maximum absolute atomic E-state index is 13.1. The standard InChI is InChI=1S/C22H26ClN3O2/c1-2-3-4-5-6-11-20(27)25-26-21(16-12-14-17(23)15-13-16)24-19-10-8-7-9-18(19)22(26)28/h7-10,12-15,21,24H,2-6,11H2,1H3,(H,25,27). The summed E-state index contributed by atoms with van der Waals surface area (Å²) < 4.78 is 0. The number of hydrogen-bond donors (Lipinski definition) is 2. The molecule has 0 saturated carbocycles. The molecular formula is C22H26ClN3O2. The molecule has 0 radical (unpaired) electrons. The summed E-state index contributed by atoms with van der Waals surface area (Å²) in [4.78, 5) is 25.5. The average molecular weight is 400 g/mol. The molecule has 0 fully saturated rings. The van der Waals surface area contributed by atoms with Gasteiger partial charge >= 0.3 is 0 Å². The van der Waals surface area contributed by atoms with Crippen molar-refractivity contribution in [3.05, 3.63) is 64.7 Å². The molecule has 3 rings (SSSR count). The zero-order chi connectivity index (χ0) is 19.9. The second-order valence-corrected chi connectivity index (χ2v) is 7.45. The lowest BCUT2D eigenvalue weighted by Crippen LogP contribution is -2.52. The molecule has 0 aromatic heterocycles. The molecule has 28 heavy (non-hydrogen) atoms. The Bertz CT molecular complexity index is 823. The molecule has 0 bridgehead atoms. The zero-order valence-corrected chi connectivity index (χ0v) is 16.8. The fourth-order valence-electron chi connectivity index (χ4n) is 3.33. The molecule has 148 valence electrons. The van der Waals surface area contributed by atoms with E-state index in [4.69, 9.17) is 11.6 Å². The van der Waals surface area contributed by atoms with Gasteiger partial charge < -0.3 is 5.32 Å². The van der Waals surface area contributed by atoms with Crippen LogP contribution in [0.2, 0.25) is 5.02 Å². The lowest BCUT2D eigenvalue weighted by Gasteiger charge is -2.37. The van der Waals surface area contributed by atoms with Crippen molar-refractivity contribution in [1.82, 2.24) is 10.4 Å². The number of carbonyl (C=O) groups excluding carboxylic acids is 2. The average Bonchev–Trinajstić information content (AvgIpc) is 2.70. The summed E-state index contributed by atoms with van der Waals surface area (Å²) in [6.45, 7) is 2.16. The van der Waals surface area contributed by atoms with Crippen molar-refractivity contribution in [2.24, 2.45) is 0 Å². The van der Waals surface area contributed by atoms with E-state index in [0.717, 1.165) is 30.5 Å². The number of unbranched alkanes of at least 4 members (excludes halogenated alkanes) is 4. The van der Waals surface area contributed by atoms with Crippen LogP contribution in [-0.4, -0.2) is 16.8 Å². The molecule has 2 aromatic rings. The van der Waals surface area contributed by atoms with E-state index in [1.807, 2.05) is 30.3 Å². The van der Waals surface area contributed by atoms with Crippen molar-refractivity contribution >= 4 is 29.1 Å². The monoisotopic (exact) mass is 399 g/mol. The van der Waals surface area contributed by atoms with Gasteiger partial charge in [-0.25, -0.2) is 5.01 Å². The summed E-state index contributed by atoms with van der Waals surface area (Å²) in [6, 6.07) is 14.6. The van der Waals surface area contributed by atoms with E-state index in [1.54, 1.807) is 18.2 Å². The minimum Gasteiger partial charge on any atom is -0.359 e. The summed E-state index contributed by atoms with van der Waals surface area (Å²) >= 11 is 6.00. The van der Waals surface area contributed by atoms with Crippen molar-refractivity contribution in [2.45, 2.75) is 51.6 Å². The minimum atomic E-state index is -0.497. The first-order valence-electron chi connectivity index (χ1n) is 9.84. The third-order valence-electron chi connectivity index (χ3n) is 4.86. The molecule has 2 aromatic carbocycles. The van der Waals surface area contributed by atoms with Gasteiger partial charge in [0.05, 0.1) is 5.56 Å². The van der Waals surface area contributed by atoms with Gasteiger partial charge in [0.2, 0.25) is 5.91 Å². The Kier molecular flexibility index (Phi) is 6.93. The van der Waals surface area contributed by atoms with Gasteiger partial charge in [-0.15, -0.1) is 0 Å². The summed E-state index contributed by atoms with van der Waals surface area (Å²) in [5.41, 5.74) is 4.94. The van der Waals surface area contributed by atoms with Crippen LogP contribution in [0, 0.1) is 0 Å². The van der Waals surface area contributed by atoms with Crippen LogP contribution in [0.4, 0.5) is 5.69 Å². The fraction of sp³-hybridized carbons (Fsp3) is 0.364. The normalized spacial score (nSPS) is 15.7.